The fourth-order valence-corrected chi connectivity index (χ4v) is 15.6. The second kappa shape index (κ2) is 21.6. The number of Topliss-reactive ketones (excluding diaryl/α,β-unsaturated/α-hetero) is 1. The molecule has 0 aromatic carbocycles. The summed E-state index contributed by atoms with van der Waals surface area (Å²) >= 11 is 0. The SMILES string of the molecule is C=C(C)CCC[C@]1(C)OC(=O)[C@]23CC=C4[C@@H](CC[C@H]5C(C)(C)[C@@H](O[C@@H]6OC[C@@H](O)[C@H](O)[C@H]6O[C@@H]6O[C@H](CO)[C@@H](O[C@@H]7O[C@H](CO)[C@@H](O)[C@H](O[C@@H]8O[C@H](CO)[C@@H](O)[C@H](O)[C@H]8O)[C@H]7O)[C@H](O)[C@H]6O)CC[C@]45C)[C@]2(C)CC(=O)[C@@H]31. The van der Waals surface area contributed by atoms with Crippen molar-refractivity contribution in [2.75, 3.05) is 26.4 Å². The molecule has 23 heteroatoms. The summed E-state index contributed by atoms with van der Waals surface area (Å²) in [4.78, 5) is 28.6. The van der Waals surface area contributed by atoms with Gasteiger partial charge in [-0.05, 0) is 93.3 Å². The van der Waals surface area contributed by atoms with Gasteiger partial charge in [0.05, 0.1) is 43.9 Å². The van der Waals surface area contributed by atoms with Crippen LogP contribution in [0.3, 0.4) is 0 Å². The third-order valence-corrected chi connectivity index (χ3v) is 19.7. The number of hydrogen-bond donors (Lipinski definition) is 12. The number of ketones is 1. The molecule has 432 valence electrons. The predicted octanol–water partition coefficient (Wildman–Crippen LogP) is -1.89. The van der Waals surface area contributed by atoms with Gasteiger partial charge in [0.25, 0.3) is 0 Å². The van der Waals surface area contributed by atoms with Crippen molar-refractivity contribution < 1.29 is 113 Å². The average Bonchev–Trinajstić information content (AvgIpc) is 3.76. The van der Waals surface area contributed by atoms with E-state index in [-0.39, 0.29) is 35.6 Å². The Balaban J connectivity index is 0.881. The maximum absolute atomic E-state index is 14.3. The summed E-state index contributed by atoms with van der Waals surface area (Å²) in [6.45, 7) is 13.6. The second-order valence-electron chi connectivity index (χ2n) is 24.6. The van der Waals surface area contributed by atoms with E-state index in [9.17, 15) is 70.9 Å². The minimum atomic E-state index is -2.03. The molecule has 0 aromatic heterocycles. The molecular weight excluding hydrogens is 1000 g/mol. The van der Waals surface area contributed by atoms with Gasteiger partial charge in [-0.15, -0.1) is 6.58 Å². The number of carbonyl (C=O) groups excluding carboxylic acids is 2. The summed E-state index contributed by atoms with van der Waals surface area (Å²) in [5.41, 5.74) is -1.08. The zero-order valence-electron chi connectivity index (χ0n) is 44.1. The summed E-state index contributed by atoms with van der Waals surface area (Å²) in [5, 5.41) is 129. The molecule has 0 bridgehead atoms. The molecule has 4 aliphatic carbocycles. The van der Waals surface area contributed by atoms with Gasteiger partial charge in [0.1, 0.15) is 103 Å². The smallest absolute Gasteiger partial charge is 0.314 e. The van der Waals surface area contributed by atoms with Gasteiger partial charge < -0.3 is 104 Å². The standard InChI is InChI=1S/C53H82O23/c1-22(2)9-8-14-52(7)43-25(57)17-51(6)24-10-11-30-49(3,4)31(13-15-50(30,5)23(24)12-16-53(43,51)48(67)76-52)72-47-42(32(59)26(58)21-68-47)75-45-38(65)36(63)40(29(20-56)71-45)73-46-39(66)41(34(61)28(19-55)70-46)74-44-37(64)35(62)33(60)27(18-54)69-44/h12,24,26-47,54-56,58-66H,1,8-11,13-21H2,2-7H3/t24-,26-,27-,28-,29-,30+,31+,32+,33-,34-,35+,36-,37-,38-,39-,40-,41+,42-,43-,44+,45+,46+,47+,50-,51+,52+,53-/m1/s1. The van der Waals surface area contributed by atoms with Crippen molar-refractivity contribution in [3.63, 3.8) is 0 Å². The first-order valence-corrected chi connectivity index (χ1v) is 27.0. The van der Waals surface area contributed by atoms with E-state index in [2.05, 4.69) is 40.3 Å². The van der Waals surface area contributed by atoms with Crippen LogP contribution in [0.4, 0.5) is 0 Å². The van der Waals surface area contributed by atoms with Crippen LogP contribution in [0, 0.1) is 39.4 Å². The highest BCUT2D eigenvalue weighted by Crippen LogP contribution is 2.75. The monoisotopic (exact) mass is 1090 g/mol. The molecular formula is C53H82O23. The number of cyclic esters (lactones) is 1. The molecule has 23 nitrogen and oxygen atoms in total. The summed E-state index contributed by atoms with van der Waals surface area (Å²) in [7, 11) is 0. The van der Waals surface area contributed by atoms with E-state index in [1.165, 1.54) is 5.57 Å². The van der Waals surface area contributed by atoms with E-state index in [1.807, 2.05) is 13.8 Å². The molecule has 1 spiro atoms. The molecule has 27 atom stereocenters. The van der Waals surface area contributed by atoms with Gasteiger partial charge in [-0.2, -0.15) is 0 Å². The van der Waals surface area contributed by atoms with E-state index < -0.39 is 170 Å². The van der Waals surface area contributed by atoms with Crippen molar-refractivity contribution in [3.8, 4) is 0 Å². The third kappa shape index (κ3) is 9.39. The van der Waals surface area contributed by atoms with Gasteiger partial charge >= 0.3 is 5.97 Å². The molecule has 8 fully saturated rings. The molecule has 5 saturated heterocycles. The van der Waals surface area contributed by atoms with Crippen molar-refractivity contribution in [1.82, 2.24) is 0 Å². The van der Waals surface area contributed by atoms with Crippen LogP contribution >= 0.6 is 0 Å². The summed E-state index contributed by atoms with van der Waals surface area (Å²) in [5.74, 6) is -0.697. The topological polar surface area (TPSA) is 360 Å². The minimum Gasteiger partial charge on any atom is -0.458 e. The Labute approximate surface area is 441 Å². The van der Waals surface area contributed by atoms with E-state index in [1.54, 1.807) is 0 Å². The van der Waals surface area contributed by atoms with Crippen molar-refractivity contribution in [1.29, 1.82) is 0 Å². The first-order valence-electron chi connectivity index (χ1n) is 27.0. The van der Waals surface area contributed by atoms with Crippen molar-refractivity contribution in [2.45, 2.75) is 228 Å². The number of carbonyl (C=O) groups is 2. The Morgan fingerprint density at radius 1 is 0.671 bits per heavy atom. The number of rotatable bonds is 15. The van der Waals surface area contributed by atoms with Crippen LogP contribution in [0.5, 0.6) is 0 Å². The third-order valence-electron chi connectivity index (χ3n) is 19.7. The van der Waals surface area contributed by atoms with E-state index >= 15 is 0 Å². The van der Waals surface area contributed by atoms with Crippen molar-refractivity contribution in [3.05, 3.63) is 23.8 Å². The minimum absolute atomic E-state index is 0.0299. The van der Waals surface area contributed by atoms with Gasteiger partial charge in [0, 0.05) is 6.42 Å². The fourth-order valence-electron chi connectivity index (χ4n) is 15.6. The Morgan fingerprint density at radius 2 is 1.26 bits per heavy atom. The lowest BCUT2D eigenvalue weighted by Crippen LogP contribution is -2.67. The molecule has 9 rings (SSSR count). The summed E-state index contributed by atoms with van der Waals surface area (Å²) in [6, 6.07) is 0. The lowest BCUT2D eigenvalue weighted by atomic mass is 9.41. The first kappa shape index (κ1) is 58.5. The van der Waals surface area contributed by atoms with Gasteiger partial charge in [0.2, 0.25) is 0 Å². The molecule has 0 amide bonds. The molecule has 5 aliphatic heterocycles. The Bertz CT molecular complexity index is 2160. The number of hydrogen-bond acceptors (Lipinski definition) is 23. The lowest BCUT2D eigenvalue weighted by Gasteiger charge is -2.63. The quantitative estimate of drug-likeness (QED) is 0.0485. The molecule has 0 aromatic rings. The van der Waals surface area contributed by atoms with E-state index in [0.717, 1.165) is 31.3 Å². The van der Waals surface area contributed by atoms with E-state index in [0.29, 0.717) is 32.1 Å². The van der Waals surface area contributed by atoms with Crippen LogP contribution in [0.15, 0.2) is 23.8 Å². The van der Waals surface area contributed by atoms with E-state index in [4.69, 9.17) is 42.6 Å². The van der Waals surface area contributed by atoms with Crippen LogP contribution < -0.4 is 0 Å². The van der Waals surface area contributed by atoms with Crippen LogP contribution in [0.1, 0.15) is 99.3 Å². The highest BCUT2D eigenvalue weighted by atomic mass is 16.8. The van der Waals surface area contributed by atoms with Crippen LogP contribution in [-0.2, 0) is 52.2 Å². The summed E-state index contributed by atoms with van der Waals surface area (Å²) in [6.07, 6.45) is -25.8. The zero-order valence-corrected chi connectivity index (χ0v) is 44.1. The van der Waals surface area contributed by atoms with Gasteiger partial charge in [-0.1, -0.05) is 44.9 Å². The summed E-state index contributed by atoms with van der Waals surface area (Å²) < 4.78 is 53.7. The van der Waals surface area contributed by atoms with Crippen LogP contribution in [-0.4, -0.2) is 228 Å². The van der Waals surface area contributed by atoms with Crippen LogP contribution in [0.25, 0.3) is 0 Å². The maximum atomic E-state index is 14.3. The molecule has 5 heterocycles. The van der Waals surface area contributed by atoms with Gasteiger partial charge in [-0.25, -0.2) is 0 Å². The van der Waals surface area contributed by atoms with Crippen LogP contribution in [0.2, 0.25) is 0 Å². The van der Waals surface area contributed by atoms with Crippen molar-refractivity contribution in [2.24, 2.45) is 39.4 Å². The largest absolute Gasteiger partial charge is 0.458 e. The first-order chi connectivity index (χ1) is 35.7. The van der Waals surface area contributed by atoms with Gasteiger partial charge in [0.15, 0.2) is 25.2 Å². The fraction of sp³-hybridized carbons (Fsp3) is 0.887. The number of ether oxygens (including phenoxy) is 9. The van der Waals surface area contributed by atoms with Crippen molar-refractivity contribution >= 4 is 11.8 Å². The Morgan fingerprint density at radius 3 is 1.91 bits per heavy atom. The number of esters is 1. The maximum Gasteiger partial charge on any atom is 0.314 e. The number of aliphatic hydroxyl groups excluding tert-OH is 12. The predicted molar refractivity (Wildman–Crippen MR) is 257 cm³/mol. The molecule has 9 aliphatic rings. The molecule has 0 radical (unpaired) electrons. The average molecular weight is 1090 g/mol. The number of aliphatic hydroxyl groups is 12. The number of allylic oxidation sites excluding steroid dienone is 3. The molecule has 3 saturated carbocycles. The highest BCUT2D eigenvalue weighted by molar-refractivity contribution is 5.99. The van der Waals surface area contributed by atoms with Gasteiger partial charge in [-0.3, -0.25) is 9.59 Å². The molecule has 12 N–H and O–H groups in total. The number of fused-ring (bicyclic) bond motifs is 4. The second-order valence-corrected chi connectivity index (χ2v) is 24.6. The lowest BCUT2D eigenvalue weighted by molar-refractivity contribution is -0.391. The molecule has 0 unspecified atom stereocenters. The highest BCUT2D eigenvalue weighted by Gasteiger charge is 2.79. The Hall–Kier alpha value is -2.18. The normalized spacial score (nSPS) is 52.0. The Kier molecular flexibility index (Phi) is 16.6. The molecule has 76 heavy (non-hydrogen) atoms. The zero-order chi connectivity index (χ0) is 55.4.